The van der Waals surface area contributed by atoms with Crippen LogP contribution in [0.15, 0.2) is 29.3 Å². The van der Waals surface area contributed by atoms with Gasteiger partial charge in [0.25, 0.3) is 0 Å². The maximum Gasteiger partial charge on any atom is 0.236 e. The van der Waals surface area contributed by atoms with Gasteiger partial charge in [-0.3, -0.25) is 14.7 Å². The third-order valence-electron chi connectivity index (χ3n) is 6.54. The van der Waals surface area contributed by atoms with Crippen molar-refractivity contribution in [2.45, 2.75) is 31.6 Å². The lowest BCUT2D eigenvalue weighted by Crippen LogP contribution is -2.54. The zero-order chi connectivity index (χ0) is 20.8. The predicted octanol–water partition coefficient (Wildman–Crippen LogP) is 2.38. The SMILES string of the molecule is CN=C(NCC1CCOc2ccccc21)N1CCN(CC(=O)N2CCCCC2)CC1.I. The molecular weight excluding hydrogens is 505 g/mol. The van der Waals surface area contributed by atoms with Crippen LogP contribution in [0.3, 0.4) is 0 Å². The van der Waals surface area contributed by atoms with E-state index in [2.05, 4.69) is 38.3 Å². The summed E-state index contributed by atoms with van der Waals surface area (Å²) in [5.41, 5.74) is 1.28. The van der Waals surface area contributed by atoms with Crippen LogP contribution in [0, 0.1) is 0 Å². The molecule has 2 saturated heterocycles. The standard InChI is InChI=1S/C23H35N5O2.HI/c1-24-23(25-17-19-9-16-30-21-8-4-3-7-20(19)21)28-14-12-26(13-15-28)18-22(29)27-10-5-2-6-11-27;/h3-4,7-8,19H,2,5-6,9-18H2,1H3,(H,24,25);1H. The largest absolute Gasteiger partial charge is 0.493 e. The van der Waals surface area contributed by atoms with Crippen LogP contribution in [0.1, 0.15) is 37.2 Å². The molecule has 0 bridgehead atoms. The lowest BCUT2D eigenvalue weighted by Gasteiger charge is -2.38. The number of para-hydroxylation sites is 1. The minimum absolute atomic E-state index is 0. The van der Waals surface area contributed by atoms with Gasteiger partial charge < -0.3 is 19.9 Å². The minimum atomic E-state index is 0. The number of rotatable bonds is 4. The van der Waals surface area contributed by atoms with Gasteiger partial charge in [-0.25, -0.2) is 0 Å². The molecule has 31 heavy (non-hydrogen) atoms. The maximum atomic E-state index is 12.5. The van der Waals surface area contributed by atoms with Crippen LogP contribution in [-0.2, 0) is 4.79 Å². The summed E-state index contributed by atoms with van der Waals surface area (Å²) in [6, 6.07) is 8.34. The number of amides is 1. The average Bonchev–Trinajstić information content (AvgIpc) is 2.81. The molecule has 3 aliphatic rings. The first-order valence-corrected chi connectivity index (χ1v) is 11.4. The van der Waals surface area contributed by atoms with Crippen LogP contribution >= 0.6 is 24.0 Å². The molecule has 3 heterocycles. The van der Waals surface area contributed by atoms with Crippen molar-refractivity contribution in [2.75, 3.05) is 66.0 Å². The van der Waals surface area contributed by atoms with Crippen molar-refractivity contribution in [3.05, 3.63) is 29.8 Å². The van der Waals surface area contributed by atoms with Gasteiger partial charge in [0.2, 0.25) is 5.91 Å². The molecule has 1 unspecified atom stereocenters. The van der Waals surface area contributed by atoms with Gasteiger partial charge in [-0.2, -0.15) is 0 Å². The molecule has 2 fully saturated rings. The van der Waals surface area contributed by atoms with Crippen LogP contribution in [0.5, 0.6) is 5.75 Å². The molecule has 0 aromatic heterocycles. The molecular formula is C23H36IN5O2. The number of fused-ring (bicyclic) bond motifs is 1. The predicted molar refractivity (Wildman–Crippen MR) is 135 cm³/mol. The lowest BCUT2D eigenvalue weighted by atomic mass is 9.93. The smallest absolute Gasteiger partial charge is 0.236 e. The summed E-state index contributed by atoms with van der Waals surface area (Å²) in [7, 11) is 1.85. The van der Waals surface area contributed by atoms with Gasteiger partial charge in [0.1, 0.15) is 5.75 Å². The van der Waals surface area contributed by atoms with Gasteiger partial charge >= 0.3 is 0 Å². The molecule has 1 aromatic rings. The third kappa shape index (κ3) is 6.25. The van der Waals surface area contributed by atoms with Crippen molar-refractivity contribution in [3.8, 4) is 5.75 Å². The number of likely N-dealkylation sites (tertiary alicyclic amines) is 1. The van der Waals surface area contributed by atoms with E-state index >= 15 is 0 Å². The monoisotopic (exact) mass is 541 g/mol. The Hall–Kier alpha value is -1.55. The highest BCUT2D eigenvalue weighted by molar-refractivity contribution is 14.0. The number of nitrogens with one attached hydrogen (secondary N) is 1. The third-order valence-corrected chi connectivity index (χ3v) is 6.54. The molecule has 4 rings (SSSR count). The second kappa shape index (κ2) is 11.9. The summed E-state index contributed by atoms with van der Waals surface area (Å²) in [5, 5.41) is 3.58. The Morgan fingerprint density at radius 1 is 1.06 bits per heavy atom. The first-order valence-electron chi connectivity index (χ1n) is 11.4. The molecule has 0 radical (unpaired) electrons. The van der Waals surface area contributed by atoms with Gasteiger partial charge in [-0.15, -0.1) is 24.0 Å². The van der Waals surface area contributed by atoms with Gasteiger partial charge in [-0.05, 0) is 37.3 Å². The highest BCUT2D eigenvalue weighted by atomic mass is 127. The van der Waals surface area contributed by atoms with Crippen LogP contribution in [0.4, 0.5) is 0 Å². The number of benzene rings is 1. The Labute approximate surface area is 203 Å². The van der Waals surface area contributed by atoms with Crippen molar-refractivity contribution in [2.24, 2.45) is 4.99 Å². The van der Waals surface area contributed by atoms with Crippen LogP contribution in [0.25, 0.3) is 0 Å². The van der Waals surface area contributed by atoms with Gasteiger partial charge in [0.05, 0.1) is 13.2 Å². The molecule has 1 atom stereocenters. The number of nitrogens with zero attached hydrogens (tertiary/aromatic N) is 4. The zero-order valence-electron chi connectivity index (χ0n) is 18.6. The highest BCUT2D eigenvalue weighted by Crippen LogP contribution is 2.32. The van der Waals surface area contributed by atoms with E-state index in [1.54, 1.807) is 0 Å². The van der Waals surface area contributed by atoms with Gasteiger partial charge in [-0.1, -0.05) is 18.2 Å². The fourth-order valence-electron chi connectivity index (χ4n) is 4.73. The van der Waals surface area contributed by atoms with Crippen molar-refractivity contribution in [1.29, 1.82) is 0 Å². The number of ether oxygens (including phenoxy) is 1. The van der Waals surface area contributed by atoms with Crippen molar-refractivity contribution >= 4 is 35.8 Å². The topological polar surface area (TPSA) is 60.4 Å². The summed E-state index contributed by atoms with van der Waals surface area (Å²) in [5.74, 6) is 2.71. The molecule has 172 valence electrons. The molecule has 0 aliphatic carbocycles. The van der Waals surface area contributed by atoms with Crippen molar-refractivity contribution < 1.29 is 9.53 Å². The molecule has 0 saturated carbocycles. The number of hydrogen-bond acceptors (Lipinski definition) is 4. The zero-order valence-corrected chi connectivity index (χ0v) is 20.9. The van der Waals surface area contributed by atoms with Crippen LogP contribution in [-0.4, -0.2) is 92.6 Å². The molecule has 8 heteroatoms. The summed E-state index contributed by atoms with van der Waals surface area (Å²) in [6.07, 6.45) is 4.58. The minimum Gasteiger partial charge on any atom is -0.493 e. The number of piperazine rings is 1. The number of aliphatic imine (C=N–C) groups is 1. The van der Waals surface area contributed by atoms with E-state index < -0.39 is 0 Å². The molecule has 1 N–H and O–H groups in total. The number of piperidine rings is 1. The van der Waals surface area contributed by atoms with Crippen LogP contribution in [0.2, 0.25) is 0 Å². The van der Waals surface area contributed by atoms with E-state index in [1.807, 2.05) is 18.0 Å². The van der Waals surface area contributed by atoms with E-state index in [1.165, 1.54) is 12.0 Å². The second-order valence-electron chi connectivity index (χ2n) is 8.50. The number of hydrogen-bond donors (Lipinski definition) is 1. The first kappa shape index (κ1) is 24.1. The van der Waals surface area contributed by atoms with E-state index in [0.29, 0.717) is 18.4 Å². The fraction of sp³-hybridized carbons (Fsp3) is 0.652. The summed E-state index contributed by atoms with van der Waals surface area (Å²) < 4.78 is 5.79. The Bertz CT molecular complexity index is 745. The molecule has 0 spiro atoms. The Morgan fingerprint density at radius 3 is 2.55 bits per heavy atom. The molecule has 1 amide bonds. The molecule has 7 nitrogen and oxygen atoms in total. The Morgan fingerprint density at radius 2 is 1.81 bits per heavy atom. The second-order valence-corrected chi connectivity index (χ2v) is 8.50. The van der Waals surface area contributed by atoms with E-state index in [0.717, 1.165) is 83.4 Å². The van der Waals surface area contributed by atoms with Crippen LogP contribution < -0.4 is 10.1 Å². The van der Waals surface area contributed by atoms with E-state index in [4.69, 9.17) is 4.74 Å². The number of halogens is 1. The molecule has 1 aromatic carbocycles. The number of carbonyl (C=O) groups excluding carboxylic acids is 1. The first-order chi connectivity index (χ1) is 14.7. The highest BCUT2D eigenvalue weighted by Gasteiger charge is 2.25. The normalized spacial score (nSPS) is 22.2. The van der Waals surface area contributed by atoms with Crippen molar-refractivity contribution in [1.82, 2.24) is 20.0 Å². The van der Waals surface area contributed by atoms with Crippen molar-refractivity contribution in [3.63, 3.8) is 0 Å². The fourth-order valence-corrected chi connectivity index (χ4v) is 4.73. The maximum absolute atomic E-state index is 12.5. The average molecular weight is 541 g/mol. The lowest BCUT2D eigenvalue weighted by molar-refractivity contribution is -0.133. The van der Waals surface area contributed by atoms with E-state index in [-0.39, 0.29) is 24.0 Å². The Kier molecular flexibility index (Phi) is 9.25. The summed E-state index contributed by atoms with van der Waals surface area (Å²) >= 11 is 0. The number of guanidine groups is 1. The summed E-state index contributed by atoms with van der Waals surface area (Å²) in [4.78, 5) is 23.7. The summed E-state index contributed by atoms with van der Waals surface area (Å²) in [6.45, 7) is 7.66. The van der Waals surface area contributed by atoms with Gasteiger partial charge in [0.15, 0.2) is 5.96 Å². The van der Waals surface area contributed by atoms with E-state index in [9.17, 15) is 4.79 Å². The quantitative estimate of drug-likeness (QED) is 0.361. The molecule has 3 aliphatic heterocycles. The Balaban J connectivity index is 0.00000272. The van der Waals surface area contributed by atoms with Gasteiger partial charge in [0, 0.05) is 58.8 Å². The number of carbonyl (C=O) groups is 1.